The number of nitrogens with zero attached hydrogens (tertiary/aromatic N) is 2. The monoisotopic (exact) mass is 204 g/mol. The predicted molar refractivity (Wildman–Crippen MR) is 56.0 cm³/mol. The summed E-state index contributed by atoms with van der Waals surface area (Å²) in [5.74, 6) is 0.0833. The first-order chi connectivity index (χ1) is 6.72. The third-order valence-electron chi connectivity index (χ3n) is 2.43. The predicted octanol–water partition coefficient (Wildman–Crippen LogP) is -1.69. The number of rotatable bonds is 4. The lowest BCUT2D eigenvalue weighted by Crippen LogP contribution is -2.48. The second-order valence-electron chi connectivity index (χ2n) is 3.72. The lowest BCUT2D eigenvalue weighted by atomic mass is 10.4. The molecule has 0 unspecified atom stereocenters. The molecule has 5 nitrogen and oxygen atoms in total. The minimum Gasteiger partial charge on any atom is -0.354 e. The number of hydrogen-bond donors (Lipinski definition) is 2. The van der Waals surface area contributed by atoms with Crippen LogP contribution in [-0.4, -0.2) is 68.6 Å². The molecule has 1 fully saturated rings. The number of likely N-dealkylation sites (N-methyl/N-ethyl adjacent to an activating group) is 1. The molecule has 0 aliphatic carbocycles. The van der Waals surface area contributed by atoms with E-state index in [4.69, 9.17) is 5.73 Å². The largest absolute Gasteiger partial charge is 0.354 e. The van der Waals surface area contributed by atoms with Crippen LogP contribution in [0.3, 0.4) is 0 Å². The van der Waals surface area contributed by atoms with Crippen LogP contribution in [0.15, 0.2) is 0 Å². The van der Waals surface area contributed by atoms with Crippen LogP contribution in [0.4, 0.5) is 0 Å². The zero-order valence-corrected chi connectivity index (χ0v) is 8.83. The fourth-order valence-electron chi connectivity index (χ4n) is 1.48. The topological polar surface area (TPSA) is 61.6 Å². The molecular weight excluding hydrogens is 184 g/mol. The minimum absolute atomic E-state index is 0.0833. The van der Waals surface area contributed by atoms with Crippen LogP contribution in [0.2, 0.25) is 0 Å². The molecule has 0 aromatic rings. The normalized spacial score (nSPS) is 19.6. The number of amides is 1. The summed E-state index contributed by atoms with van der Waals surface area (Å²) >= 11 is 0. The molecule has 5 heteroatoms. The van der Waals surface area contributed by atoms with Gasteiger partial charge in [-0.3, -0.25) is 9.69 Å². The van der Waals surface area contributed by atoms with Gasteiger partial charge in [0.15, 0.2) is 0 Å². The van der Waals surface area contributed by atoms with E-state index in [2.05, 4.69) is 22.2 Å². The fourth-order valence-corrected chi connectivity index (χ4v) is 1.48. The number of hydrogen-bond acceptors (Lipinski definition) is 4. The molecular formula is C9H20N4O. The number of piperazine rings is 1. The average Bonchev–Trinajstić information content (AvgIpc) is 2.18. The molecule has 1 aliphatic heterocycles. The quantitative estimate of drug-likeness (QED) is 0.326. The zero-order valence-electron chi connectivity index (χ0n) is 8.83. The van der Waals surface area contributed by atoms with Gasteiger partial charge in [-0.05, 0) is 7.05 Å². The Morgan fingerprint density at radius 3 is 2.57 bits per heavy atom. The average molecular weight is 204 g/mol. The Hall–Kier alpha value is -0.650. The van der Waals surface area contributed by atoms with Crippen molar-refractivity contribution < 1.29 is 4.79 Å². The molecule has 1 rings (SSSR count). The van der Waals surface area contributed by atoms with E-state index in [-0.39, 0.29) is 5.91 Å². The van der Waals surface area contributed by atoms with Crippen molar-refractivity contribution in [3.05, 3.63) is 0 Å². The smallest absolute Gasteiger partial charge is 0.234 e. The van der Waals surface area contributed by atoms with Gasteiger partial charge in [-0.15, -0.1) is 0 Å². The third-order valence-corrected chi connectivity index (χ3v) is 2.43. The third kappa shape index (κ3) is 4.04. The van der Waals surface area contributed by atoms with Crippen LogP contribution in [0.1, 0.15) is 0 Å². The minimum atomic E-state index is 0.0833. The maximum atomic E-state index is 11.3. The molecule has 0 radical (unpaired) electrons. The SMILES string of the molecule is CN1CC[15N]([13CH2]C(=[18O])NCCN)CC1. The Balaban J connectivity index is 2.14. The summed E-state index contributed by atoms with van der Waals surface area (Å²) in [6.07, 6.45) is 0. The van der Waals surface area contributed by atoms with E-state index in [1.54, 1.807) is 0 Å². The molecule has 1 aliphatic rings. The van der Waals surface area contributed by atoms with Crippen LogP contribution < -0.4 is 11.1 Å². The maximum absolute atomic E-state index is 11.3. The summed E-state index contributed by atoms with van der Waals surface area (Å²) in [6.45, 7) is 5.64. The lowest BCUT2D eigenvalue weighted by Gasteiger charge is -2.31. The Labute approximate surface area is 85.2 Å². The van der Waals surface area contributed by atoms with Crippen molar-refractivity contribution in [1.82, 2.24) is 15.1 Å². The highest BCUT2D eigenvalue weighted by atomic mass is 18.1. The van der Waals surface area contributed by atoms with Crippen LogP contribution >= 0.6 is 0 Å². The van der Waals surface area contributed by atoms with Gasteiger partial charge in [-0.25, -0.2) is 0 Å². The van der Waals surface area contributed by atoms with Crippen LogP contribution in [0, 0.1) is 0 Å². The zero-order chi connectivity index (χ0) is 10.4. The van der Waals surface area contributed by atoms with Crippen molar-refractivity contribution in [3.63, 3.8) is 0 Å². The van der Waals surface area contributed by atoms with E-state index in [0.29, 0.717) is 19.6 Å². The Bertz CT molecular complexity index is 178. The molecule has 0 atom stereocenters. The second kappa shape index (κ2) is 5.95. The van der Waals surface area contributed by atoms with Crippen LogP contribution in [-0.2, 0) is 4.79 Å². The lowest BCUT2D eigenvalue weighted by molar-refractivity contribution is -0.122. The Morgan fingerprint density at radius 2 is 2.00 bits per heavy atom. The summed E-state index contributed by atoms with van der Waals surface area (Å²) < 4.78 is 0. The Morgan fingerprint density at radius 1 is 1.36 bits per heavy atom. The van der Waals surface area contributed by atoms with Crippen LogP contribution in [0.25, 0.3) is 0 Å². The molecule has 1 heterocycles. The van der Waals surface area contributed by atoms with E-state index in [1.165, 1.54) is 0 Å². The van der Waals surface area contributed by atoms with Crippen molar-refractivity contribution >= 4 is 5.91 Å². The first-order valence-corrected chi connectivity index (χ1v) is 5.10. The highest BCUT2D eigenvalue weighted by Gasteiger charge is 2.15. The molecule has 14 heavy (non-hydrogen) atoms. The molecule has 0 saturated carbocycles. The van der Waals surface area contributed by atoms with E-state index in [1.807, 2.05) is 0 Å². The molecule has 1 saturated heterocycles. The summed E-state index contributed by atoms with van der Waals surface area (Å²) in [7, 11) is 2.10. The van der Waals surface area contributed by atoms with E-state index in [9.17, 15) is 4.79 Å². The first kappa shape index (κ1) is 11.4. The highest BCUT2D eigenvalue weighted by Crippen LogP contribution is 1.97. The van der Waals surface area contributed by atoms with Crippen molar-refractivity contribution in [1.29, 1.82) is 0 Å². The van der Waals surface area contributed by atoms with Gasteiger partial charge in [0.2, 0.25) is 5.91 Å². The maximum Gasteiger partial charge on any atom is 0.234 e. The molecule has 82 valence electrons. The van der Waals surface area contributed by atoms with E-state index >= 15 is 0 Å². The Kier molecular flexibility index (Phi) is 4.86. The summed E-state index contributed by atoms with van der Waals surface area (Å²) in [6, 6.07) is 0. The number of nitrogens with two attached hydrogens (primary N) is 1. The van der Waals surface area contributed by atoms with E-state index < -0.39 is 0 Å². The number of nitrogens with one attached hydrogen (secondary N) is 1. The van der Waals surface area contributed by atoms with Gasteiger partial charge in [-0.1, -0.05) is 0 Å². The molecule has 3 N–H and O–H groups in total. The van der Waals surface area contributed by atoms with Crippen LogP contribution in [0.5, 0.6) is 0 Å². The molecule has 0 bridgehead atoms. The molecule has 0 aromatic heterocycles. The standard InChI is InChI=1S/C9H20N4O/c1-12-4-6-13(7-5-12)8-9(14)11-3-2-10/h2-8,10H2,1H3,(H,11,14)/i8+1,13+1,14+2. The van der Waals surface area contributed by atoms with Gasteiger partial charge < -0.3 is 16.0 Å². The van der Waals surface area contributed by atoms with Gasteiger partial charge in [0, 0.05) is 39.3 Å². The second-order valence-corrected chi connectivity index (χ2v) is 3.72. The van der Waals surface area contributed by atoms with Crippen molar-refractivity contribution in [3.8, 4) is 0 Å². The molecule has 0 aromatic carbocycles. The first-order valence-electron chi connectivity index (χ1n) is 5.10. The van der Waals surface area contributed by atoms with Gasteiger partial charge in [-0.2, -0.15) is 0 Å². The van der Waals surface area contributed by atoms with Crippen molar-refractivity contribution in [2.45, 2.75) is 0 Å². The van der Waals surface area contributed by atoms with Crippen molar-refractivity contribution in [2.75, 3.05) is 52.9 Å². The van der Waals surface area contributed by atoms with Gasteiger partial charge >= 0.3 is 0 Å². The van der Waals surface area contributed by atoms with Gasteiger partial charge in [0.25, 0.3) is 0 Å². The summed E-state index contributed by atoms with van der Waals surface area (Å²) in [4.78, 5) is 15.8. The summed E-state index contributed by atoms with van der Waals surface area (Å²) in [5, 5.41) is 2.77. The fraction of sp³-hybridized carbons (Fsp3) is 0.889. The van der Waals surface area contributed by atoms with Crippen molar-refractivity contribution in [2.24, 2.45) is 5.73 Å². The van der Waals surface area contributed by atoms with E-state index in [0.717, 1.165) is 26.2 Å². The highest BCUT2D eigenvalue weighted by molar-refractivity contribution is 5.77. The molecule has 0 spiro atoms. The van der Waals surface area contributed by atoms with Gasteiger partial charge in [0.1, 0.15) is 0 Å². The molecule has 1 amide bonds. The summed E-state index contributed by atoms with van der Waals surface area (Å²) in [5.41, 5.74) is 5.29. The van der Waals surface area contributed by atoms with Gasteiger partial charge in [0.05, 0.1) is 6.54 Å². The number of carbonyl (C=O) groups excluding carboxylic acids is 1. The number of carbonyl (C=O) groups is 1.